The fourth-order valence-electron chi connectivity index (χ4n) is 2.57. The average molecular weight is 254 g/mol. The van der Waals surface area contributed by atoms with Gasteiger partial charge in [0, 0.05) is 13.2 Å². The van der Waals surface area contributed by atoms with Gasteiger partial charge in [-0.05, 0) is 19.3 Å². The van der Waals surface area contributed by atoms with Gasteiger partial charge < -0.3 is 9.47 Å². The van der Waals surface area contributed by atoms with E-state index in [9.17, 15) is 0 Å². The second-order valence-corrected chi connectivity index (χ2v) is 4.66. The molecule has 6 heteroatoms. The summed E-state index contributed by atoms with van der Waals surface area (Å²) < 4.78 is 13.1. The van der Waals surface area contributed by atoms with Crippen LogP contribution in [0.4, 0.5) is 0 Å². The summed E-state index contributed by atoms with van der Waals surface area (Å²) in [5.41, 5.74) is 3.82. The van der Waals surface area contributed by atoms with Gasteiger partial charge in [-0.15, -0.1) is 0 Å². The van der Waals surface area contributed by atoms with Crippen LogP contribution in [-0.4, -0.2) is 29.6 Å². The van der Waals surface area contributed by atoms with E-state index in [0.29, 0.717) is 5.92 Å². The van der Waals surface area contributed by atoms with Crippen LogP contribution in [0.2, 0.25) is 0 Å². The molecule has 0 spiro atoms. The zero-order valence-electron chi connectivity index (χ0n) is 11.2. The fraction of sp³-hybridized carbons (Fsp3) is 0.750. The number of methoxy groups -OCH3 is 1. The topological polar surface area (TPSA) is 74.3 Å². The molecular weight excluding hydrogens is 232 g/mol. The van der Waals surface area contributed by atoms with Gasteiger partial charge in [0.1, 0.15) is 5.69 Å². The summed E-state index contributed by atoms with van der Waals surface area (Å²) in [7, 11) is 1.65. The Balaban J connectivity index is 2.34. The largest absolute Gasteiger partial charge is 0.493 e. The minimum absolute atomic E-state index is 0.0610. The number of hydrazine groups is 1. The summed E-state index contributed by atoms with van der Waals surface area (Å²) in [6.07, 6.45) is 2.85. The molecule has 1 saturated heterocycles. The van der Waals surface area contributed by atoms with Gasteiger partial charge in [-0.3, -0.25) is 10.5 Å². The van der Waals surface area contributed by atoms with Crippen molar-refractivity contribution in [3.63, 3.8) is 0 Å². The zero-order valence-corrected chi connectivity index (χ0v) is 11.2. The van der Waals surface area contributed by atoms with Crippen molar-refractivity contribution >= 4 is 0 Å². The molecule has 18 heavy (non-hydrogen) atoms. The van der Waals surface area contributed by atoms with Crippen LogP contribution in [-0.2, 0) is 11.3 Å². The van der Waals surface area contributed by atoms with Crippen molar-refractivity contribution in [2.24, 2.45) is 11.8 Å². The van der Waals surface area contributed by atoms with Crippen LogP contribution in [0.5, 0.6) is 5.75 Å². The number of ether oxygens (including phenoxy) is 2. The summed E-state index contributed by atoms with van der Waals surface area (Å²) in [6.45, 7) is 5.79. The minimum atomic E-state index is -0.0973. The molecule has 0 bridgehead atoms. The van der Waals surface area contributed by atoms with Crippen LogP contribution in [0, 0.1) is 5.92 Å². The Hall–Kier alpha value is -1.11. The minimum Gasteiger partial charge on any atom is -0.493 e. The smallest absolute Gasteiger partial charge is 0.161 e. The number of nitrogens with zero attached hydrogens (tertiary/aromatic N) is 2. The molecule has 3 atom stereocenters. The highest BCUT2D eigenvalue weighted by molar-refractivity contribution is 5.29. The van der Waals surface area contributed by atoms with Crippen molar-refractivity contribution in [2.75, 3.05) is 13.7 Å². The molecule has 1 aromatic rings. The molecule has 2 rings (SSSR count). The van der Waals surface area contributed by atoms with E-state index < -0.39 is 0 Å². The number of nitrogens with two attached hydrogens (primary N) is 1. The van der Waals surface area contributed by atoms with Gasteiger partial charge in [0.05, 0.1) is 25.5 Å². The van der Waals surface area contributed by atoms with E-state index in [-0.39, 0.29) is 12.1 Å². The highest BCUT2D eigenvalue weighted by Crippen LogP contribution is 2.34. The molecule has 1 aliphatic heterocycles. The molecule has 102 valence electrons. The summed E-state index contributed by atoms with van der Waals surface area (Å²) in [5.74, 6) is 6.95. The molecule has 0 radical (unpaired) electrons. The Labute approximate surface area is 107 Å². The molecule has 2 heterocycles. The van der Waals surface area contributed by atoms with E-state index in [1.54, 1.807) is 13.3 Å². The lowest BCUT2D eigenvalue weighted by Gasteiger charge is -2.26. The molecule has 1 aliphatic rings. The number of hydrogen-bond donors (Lipinski definition) is 2. The van der Waals surface area contributed by atoms with Gasteiger partial charge in [0.15, 0.2) is 5.75 Å². The van der Waals surface area contributed by atoms with Crippen LogP contribution < -0.4 is 16.0 Å². The first-order valence-corrected chi connectivity index (χ1v) is 6.40. The molecule has 0 amide bonds. The van der Waals surface area contributed by atoms with E-state index in [0.717, 1.165) is 31.0 Å². The number of rotatable bonds is 5. The molecule has 0 aliphatic carbocycles. The maximum absolute atomic E-state index is 5.80. The van der Waals surface area contributed by atoms with Crippen molar-refractivity contribution in [3.8, 4) is 5.75 Å². The summed E-state index contributed by atoms with van der Waals surface area (Å²) >= 11 is 0. The zero-order chi connectivity index (χ0) is 13.1. The van der Waals surface area contributed by atoms with Crippen molar-refractivity contribution < 1.29 is 9.47 Å². The number of nitrogens with one attached hydrogen (secondary N) is 1. The molecule has 3 unspecified atom stereocenters. The SMILES string of the molecule is CCn1ncc(OC)c1C(NN)C1OCCC1C. The van der Waals surface area contributed by atoms with Gasteiger partial charge in [0.25, 0.3) is 0 Å². The summed E-state index contributed by atoms with van der Waals surface area (Å²) in [4.78, 5) is 0. The van der Waals surface area contributed by atoms with Gasteiger partial charge in [-0.1, -0.05) is 6.92 Å². The lowest BCUT2D eigenvalue weighted by Crippen LogP contribution is -2.40. The molecule has 0 aromatic carbocycles. The van der Waals surface area contributed by atoms with E-state index in [1.807, 2.05) is 11.6 Å². The lowest BCUT2D eigenvalue weighted by molar-refractivity contribution is 0.0571. The third kappa shape index (κ3) is 2.23. The van der Waals surface area contributed by atoms with Crippen LogP contribution in [0.25, 0.3) is 0 Å². The first-order valence-electron chi connectivity index (χ1n) is 6.40. The third-order valence-corrected chi connectivity index (χ3v) is 3.61. The van der Waals surface area contributed by atoms with Gasteiger partial charge >= 0.3 is 0 Å². The van der Waals surface area contributed by atoms with Crippen molar-refractivity contribution in [1.29, 1.82) is 0 Å². The maximum Gasteiger partial charge on any atom is 0.161 e. The van der Waals surface area contributed by atoms with Crippen LogP contribution in [0.15, 0.2) is 6.20 Å². The average Bonchev–Trinajstić information content (AvgIpc) is 2.98. The Kier molecular flexibility index (Phi) is 4.21. The Bertz CT molecular complexity index is 372. The van der Waals surface area contributed by atoms with Crippen LogP contribution >= 0.6 is 0 Å². The standard InChI is InChI=1S/C12H22N4O2/c1-4-16-11(9(17-3)7-14-16)10(15-13)12-8(2)5-6-18-12/h7-8,10,12,15H,4-6,13H2,1-3H3. The second-order valence-electron chi connectivity index (χ2n) is 4.66. The molecule has 0 saturated carbocycles. The molecule has 1 aromatic heterocycles. The van der Waals surface area contributed by atoms with E-state index in [4.69, 9.17) is 15.3 Å². The molecule has 3 N–H and O–H groups in total. The molecule has 6 nitrogen and oxygen atoms in total. The lowest BCUT2D eigenvalue weighted by atomic mass is 9.95. The van der Waals surface area contributed by atoms with Gasteiger partial charge in [-0.2, -0.15) is 5.10 Å². The molecular formula is C12H22N4O2. The number of hydrogen-bond acceptors (Lipinski definition) is 5. The monoisotopic (exact) mass is 254 g/mol. The molecule has 1 fully saturated rings. The quantitative estimate of drug-likeness (QED) is 0.601. The highest BCUT2D eigenvalue weighted by atomic mass is 16.5. The fourth-order valence-corrected chi connectivity index (χ4v) is 2.57. The Morgan fingerprint density at radius 1 is 1.72 bits per heavy atom. The summed E-state index contributed by atoms with van der Waals surface area (Å²) in [5, 5.41) is 4.31. The van der Waals surface area contributed by atoms with Crippen LogP contribution in [0.1, 0.15) is 32.0 Å². The predicted molar refractivity (Wildman–Crippen MR) is 68.0 cm³/mol. The third-order valence-electron chi connectivity index (χ3n) is 3.61. The first kappa shape index (κ1) is 13.3. The Morgan fingerprint density at radius 3 is 3.00 bits per heavy atom. The predicted octanol–water partition coefficient (Wildman–Crippen LogP) is 0.841. The highest BCUT2D eigenvalue weighted by Gasteiger charge is 2.36. The maximum atomic E-state index is 5.80. The Morgan fingerprint density at radius 2 is 2.50 bits per heavy atom. The van der Waals surface area contributed by atoms with Gasteiger partial charge in [0.2, 0.25) is 0 Å². The normalized spacial score (nSPS) is 25.3. The van der Waals surface area contributed by atoms with Crippen molar-refractivity contribution in [1.82, 2.24) is 15.2 Å². The van der Waals surface area contributed by atoms with Crippen molar-refractivity contribution in [3.05, 3.63) is 11.9 Å². The van der Waals surface area contributed by atoms with Crippen LogP contribution in [0.3, 0.4) is 0 Å². The number of aryl methyl sites for hydroxylation is 1. The first-order chi connectivity index (χ1) is 8.72. The van der Waals surface area contributed by atoms with E-state index in [1.165, 1.54) is 0 Å². The van der Waals surface area contributed by atoms with E-state index >= 15 is 0 Å². The number of aromatic nitrogens is 2. The van der Waals surface area contributed by atoms with Gasteiger partial charge in [-0.25, -0.2) is 5.43 Å². The van der Waals surface area contributed by atoms with E-state index in [2.05, 4.69) is 17.4 Å². The second kappa shape index (κ2) is 5.69. The summed E-state index contributed by atoms with van der Waals surface area (Å²) in [6, 6.07) is -0.0973. The van der Waals surface area contributed by atoms with Crippen molar-refractivity contribution in [2.45, 2.75) is 39.0 Å².